The summed E-state index contributed by atoms with van der Waals surface area (Å²) in [6, 6.07) is 15.4. The molecule has 0 radical (unpaired) electrons. The fourth-order valence-corrected chi connectivity index (χ4v) is 3.68. The second-order valence-electron chi connectivity index (χ2n) is 6.68. The summed E-state index contributed by atoms with van der Waals surface area (Å²) in [7, 11) is 0. The first-order valence-corrected chi connectivity index (χ1v) is 9.41. The number of carbonyl (C=O) groups excluding carboxylic acids is 1. The van der Waals surface area contributed by atoms with Gasteiger partial charge in [-0.3, -0.25) is 4.79 Å². The monoisotopic (exact) mass is 380 g/mol. The Labute approximate surface area is 163 Å². The van der Waals surface area contributed by atoms with E-state index in [1.54, 1.807) is 10.9 Å². The first-order valence-electron chi connectivity index (χ1n) is 9.03. The molecule has 1 saturated heterocycles. The lowest BCUT2D eigenvalue weighted by Crippen LogP contribution is -2.49. The maximum Gasteiger partial charge on any atom is 0.256 e. The molecule has 1 aliphatic rings. The second-order valence-corrected chi connectivity index (χ2v) is 7.11. The molecule has 5 nitrogen and oxygen atoms in total. The number of hydrogen-bond donors (Lipinski definition) is 0. The molecule has 138 valence electrons. The molecule has 0 unspecified atom stereocenters. The van der Waals surface area contributed by atoms with Gasteiger partial charge in [0.05, 0.1) is 11.3 Å². The van der Waals surface area contributed by atoms with Crippen molar-refractivity contribution in [3.8, 4) is 5.69 Å². The van der Waals surface area contributed by atoms with Crippen LogP contribution in [0, 0.1) is 6.92 Å². The van der Waals surface area contributed by atoms with Crippen LogP contribution in [0.25, 0.3) is 5.69 Å². The van der Waals surface area contributed by atoms with E-state index in [1.165, 1.54) is 5.56 Å². The smallest absolute Gasteiger partial charge is 0.256 e. The number of anilines is 1. The summed E-state index contributed by atoms with van der Waals surface area (Å²) < 4.78 is 1.73. The molecule has 2 aromatic carbocycles. The third kappa shape index (κ3) is 3.55. The van der Waals surface area contributed by atoms with Crippen LogP contribution >= 0.6 is 11.6 Å². The molecule has 0 bridgehead atoms. The van der Waals surface area contributed by atoms with Gasteiger partial charge >= 0.3 is 0 Å². The van der Waals surface area contributed by atoms with Crippen molar-refractivity contribution in [3.05, 3.63) is 77.1 Å². The quantitative estimate of drug-likeness (QED) is 0.694. The second kappa shape index (κ2) is 7.45. The van der Waals surface area contributed by atoms with Crippen LogP contribution in [-0.4, -0.2) is 46.8 Å². The number of rotatable bonds is 3. The number of para-hydroxylation sites is 1. The fraction of sp³-hybridized carbons (Fsp3) is 0.238. The van der Waals surface area contributed by atoms with Gasteiger partial charge in [-0.15, -0.1) is 0 Å². The molecular formula is C21H21ClN4O. The summed E-state index contributed by atoms with van der Waals surface area (Å²) in [6.07, 6.45) is 3.57. The number of carbonyl (C=O) groups is 1. The summed E-state index contributed by atoms with van der Waals surface area (Å²) in [6.45, 7) is 5.02. The molecule has 27 heavy (non-hydrogen) atoms. The number of halogens is 1. The zero-order valence-corrected chi connectivity index (χ0v) is 15.9. The van der Waals surface area contributed by atoms with E-state index in [-0.39, 0.29) is 5.91 Å². The van der Waals surface area contributed by atoms with Crippen LogP contribution in [0.1, 0.15) is 15.9 Å². The Balaban J connectivity index is 1.51. The van der Waals surface area contributed by atoms with E-state index >= 15 is 0 Å². The van der Waals surface area contributed by atoms with Crippen molar-refractivity contribution in [2.75, 3.05) is 31.1 Å². The molecule has 0 spiro atoms. The molecule has 1 aliphatic heterocycles. The summed E-state index contributed by atoms with van der Waals surface area (Å²) in [5.74, 6) is 0.0450. The SMILES string of the molecule is Cc1ccc(Cl)cc1N1CCN(C(=O)c2ccccc2-n2cccn2)CC1. The zero-order valence-electron chi connectivity index (χ0n) is 15.2. The minimum absolute atomic E-state index is 0.0450. The van der Waals surface area contributed by atoms with E-state index < -0.39 is 0 Å². The van der Waals surface area contributed by atoms with Gasteiger partial charge in [0.15, 0.2) is 0 Å². The molecule has 1 aromatic heterocycles. The van der Waals surface area contributed by atoms with E-state index in [9.17, 15) is 4.79 Å². The van der Waals surface area contributed by atoms with Crippen molar-refractivity contribution in [1.29, 1.82) is 0 Å². The summed E-state index contributed by atoms with van der Waals surface area (Å²) >= 11 is 6.16. The first kappa shape index (κ1) is 17.6. The molecule has 1 fully saturated rings. The number of aromatic nitrogens is 2. The highest BCUT2D eigenvalue weighted by molar-refractivity contribution is 6.30. The van der Waals surface area contributed by atoms with Crippen molar-refractivity contribution in [2.24, 2.45) is 0 Å². The predicted octanol–water partition coefficient (Wildman–Crippen LogP) is 3.80. The molecule has 0 N–H and O–H groups in total. The summed E-state index contributed by atoms with van der Waals surface area (Å²) in [5, 5.41) is 5.01. The van der Waals surface area contributed by atoms with Crippen LogP contribution in [0.5, 0.6) is 0 Å². The van der Waals surface area contributed by atoms with E-state index in [0.717, 1.165) is 29.5 Å². The largest absolute Gasteiger partial charge is 0.368 e. The van der Waals surface area contributed by atoms with Crippen LogP contribution in [-0.2, 0) is 0 Å². The Morgan fingerprint density at radius 2 is 1.78 bits per heavy atom. The predicted molar refractivity (Wildman–Crippen MR) is 108 cm³/mol. The Kier molecular flexibility index (Phi) is 4.86. The number of benzene rings is 2. The minimum Gasteiger partial charge on any atom is -0.368 e. The first-order chi connectivity index (χ1) is 13.1. The molecule has 2 heterocycles. The molecule has 3 aromatic rings. The topological polar surface area (TPSA) is 41.4 Å². The zero-order chi connectivity index (χ0) is 18.8. The van der Waals surface area contributed by atoms with Crippen molar-refractivity contribution < 1.29 is 4.79 Å². The van der Waals surface area contributed by atoms with Gasteiger partial charge < -0.3 is 9.80 Å². The van der Waals surface area contributed by atoms with Gasteiger partial charge in [-0.25, -0.2) is 4.68 Å². The molecule has 6 heteroatoms. The van der Waals surface area contributed by atoms with E-state index in [4.69, 9.17) is 11.6 Å². The molecule has 4 rings (SSSR count). The van der Waals surface area contributed by atoms with Crippen LogP contribution in [0.15, 0.2) is 60.9 Å². The van der Waals surface area contributed by atoms with E-state index in [0.29, 0.717) is 18.7 Å². The minimum atomic E-state index is 0.0450. The number of aryl methyl sites for hydroxylation is 1. The maximum absolute atomic E-state index is 13.1. The third-order valence-corrected chi connectivity index (χ3v) is 5.20. The summed E-state index contributed by atoms with van der Waals surface area (Å²) in [5.41, 5.74) is 3.82. The lowest BCUT2D eigenvalue weighted by Gasteiger charge is -2.37. The molecule has 0 atom stereocenters. The average molecular weight is 381 g/mol. The van der Waals surface area contributed by atoms with Crippen LogP contribution in [0.4, 0.5) is 5.69 Å². The number of nitrogens with zero attached hydrogens (tertiary/aromatic N) is 4. The Bertz CT molecular complexity index is 947. The normalized spacial score (nSPS) is 14.4. The Morgan fingerprint density at radius 1 is 1.00 bits per heavy atom. The highest BCUT2D eigenvalue weighted by Crippen LogP contribution is 2.26. The van der Waals surface area contributed by atoms with Gasteiger partial charge in [0.2, 0.25) is 0 Å². The molecule has 1 amide bonds. The molecule has 0 saturated carbocycles. The van der Waals surface area contributed by atoms with Crippen LogP contribution in [0.3, 0.4) is 0 Å². The highest BCUT2D eigenvalue weighted by Gasteiger charge is 2.25. The number of piperazine rings is 1. The lowest BCUT2D eigenvalue weighted by molar-refractivity contribution is 0.0746. The van der Waals surface area contributed by atoms with Gasteiger partial charge in [0.25, 0.3) is 5.91 Å². The van der Waals surface area contributed by atoms with Crippen molar-refractivity contribution in [1.82, 2.24) is 14.7 Å². The van der Waals surface area contributed by atoms with Gasteiger partial charge in [0, 0.05) is 49.3 Å². The average Bonchev–Trinajstić information content (AvgIpc) is 3.24. The van der Waals surface area contributed by atoms with Gasteiger partial charge in [-0.05, 0) is 42.8 Å². The maximum atomic E-state index is 13.1. The van der Waals surface area contributed by atoms with Crippen molar-refractivity contribution in [3.63, 3.8) is 0 Å². The lowest BCUT2D eigenvalue weighted by atomic mass is 10.1. The van der Waals surface area contributed by atoms with Gasteiger partial charge in [0.1, 0.15) is 0 Å². The Hall–Kier alpha value is -2.79. The van der Waals surface area contributed by atoms with Gasteiger partial charge in [-0.2, -0.15) is 5.10 Å². The number of hydrogen-bond acceptors (Lipinski definition) is 3. The van der Waals surface area contributed by atoms with E-state index in [2.05, 4.69) is 16.9 Å². The third-order valence-electron chi connectivity index (χ3n) is 4.96. The van der Waals surface area contributed by atoms with Crippen LogP contribution < -0.4 is 4.90 Å². The van der Waals surface area contributed by atoms with Crippen LogP contribution in [0.2, 0.25) is 5.02 Å². The highest BCUT2D eigenvalue weighted by atomic mass is 35.5. The number of amides is 1. The standard InChI is InChI=1S/C21H21ClN4O/c1-16-7-8-17(22)15-20(16)24-11-13-25(14-12-24)21(27)18-5-2-3-6-19(18)26-10-4-9-23-26/h2-10,15H,11-14H2,1H3. The van der Waals surface area contributed by atoms with E-state index in [1.807, 2.05) is 59.6 Å². The van der Waals surface area contributed by atoms with Gasteiger partial charge in [-0.1, -0.05) is 29.8 Å². The van der Waals surface area contributed by atoms with Crippen molar-refractivity contribution >= 4 is 23.2 Å². The summed E-state index contributed by atoms with van der Waals surface area (Å²) in [4.78, 5) is 17.3. The van der Waals surface area contributed by atoms with Crippen molar-refractivity contribution in [2.45, 2.75) is 6.92 Å². The molecular weight excluding hydrogens is 360 g/mol. The Morgan fingerprint density at radius 3 is 2.52 bits per heavy atom. The fourth-order valence-electron chi connectivity index (χ4n) is 3.51. The molecule has 0 aliphatic carbocycles.